The first-order chi connectivity index (χ1) is 24.0. The first-order valence-corrected chi connectivity index (χ1v) is 22.2. The average molecular weight is 692 g/mol. The van der Waals surface area contributed by atoms with Crippen molar-refractivity contribution in [3.63, 3.8) is 0 Å². The SMILES string of the molecule is CCCCCCCC/C=C\CCCCCCCCCCC(C(=O)O)C(=O)CCCCCCCCCCCCCCCCC.CCCCCN. The summed E-state index contributed by atoms with van der Waals surface area (Å²) < 4.78 is 0. The van der Waals surface area contributed by atoms with Crippen molar-refractivity contribution in [1.29, 1.82) is 0 Å². The number of carboxylic acid groups (broad SMARTS) is 1. The van der Waals surface area contributed by atoms with Crippen LogP contribution in [-0.2, 0) is 9.59 Å². The molecule has 1 unspecified atom stereocenters. The van der Waals surface area contributed by atoms with E-state index in [1.165, 1.54) is 186 Å². The molecule has 0 aliphatic rings. The van der Waals surface area contributed by atoms with Crippen molar-refractivity contribution in [2.45, 2.75) is 252 Å². The summed E-state index contributed by atoms with van der Waals surface area (Å²) in [6, 6.07) is 0. The summed E-state index contributed by atoms with van der Waals surface area (Å²) in [5, 5.41) is 9.59. The van der Waals surface area contributed by atoms with Crippen molar-refractivity contribution in [3.8, 4) is 0 Å². The summed E-state index contributed by atoms with van der Waals surface area (Å²) in [6.07, 6.45) is 49.3. The number of rotatable bonds is 39. The molecule has 0 spiro atoms. The van der Waals surface area contributed by atoms with Gasteiger partial charge in [0.05, 0.1) is 0 Å². The first-order valence-electron chi connectivity index (χ1n) is 22.2. The molecule has 292 valence electrons. The van der Waals surface area contributed by atoms with Crippen LogP contribution in [0.5, 0.6) is 0 Å². The summed E-state index contributed by atoms with van der Waals surface area (Å²) in [4.78, 5) is 24.2. The van der Waals surface area contributed by atoms with Crippen LogP contribution >= 0.6 is 0 Å². The second kappa shape index (κ2) is 44.9. The molecule has 4 nitrogen and oxygen atoms in total. The average Bonchev–Trinajstić information content (AvgIpc) is 3.10. The van der Waals surface area contributed by atoms with E-state index in [0.29, 0.717) is 12.8 Å². The molecule has 0 aromatic rings. The monoisotopic (exact) mass is 692 g/mol. The lowest BCUT2D eigenvalue weighted by molar-refractivity contribution is -0.146. The molecule has 0 aromatic heterocycles. The number of carbonyl (C=O) groups is 2. The van der Waals surface area contributed by atoms with Gasteiger partial charge in [-0.25, -0.2) is 0 Å². The van der Waals surface area contributed by atoms with E-state index in [-0.39, 0.29) is 5.78 Å². The number of ketones is 1. The molecule has 4 heteroatoms. The molecule has 0 saturated heterocycles. The molecule has 0 aliphatic carbocycles. The lowest BCUT2D eigenvalue weighted by atomic mass is 9.93. The number of hydrogen-bond donors (Lipinski definition) is 2. The fraction of sp³-hybridized carbons (Fsp3) is 0.911. The molecular formula is C45H89NO3. The Morgan fingerprint density at radius 3 is 1.08 bits per heavy atom. The minimum atomic E-state index is -0.910. The molecule has 0 saturated carbocycles. The summed E-state index contributed by atoms with van der Waals surface area (Å²) in [5.74, 6) is -1.73. The first kappa shape index (κ1) is 50.0. The maximum Gasteiger partial charge on any atom is 0.314 e. The lowest BCUT2D eigenvalue weighted by Gasteiger charge is -2.11. The fourth-order valence-corrected chi connectivity index (χ4v) is 6.61. The van der Waals surface area contributed by atoms with Gasteiger partial charge in [0, 0.05) is 6.42 Å². The molecule has 49 heavy (non-hydrogen) atoms. The van der Waals surface area contributed by atoms with Gasteiger partial charge in [-0.15, -0.1) is 0 Å². The van der Waals surface area contributed by atoms with Gasteiger partial charge < -0.3 is 10.8 Å². The highest BCUT2D eigenvalue weighted by Crippen LogP contribution is 2.19. The van der Waals surface area contributed by atoms with E-state index in [2.05, 4.69) is 32.9 Å². The number of nitrogens with two attached hydrogens (primary N) is 1. The van der Waals surface area contributed by atoms with Crippen LogP contribution in [0.2, 0.25) is 0 Å². The normalized spacial score (nSPS) is 11.9. The number of carboxylic acids is 1. The number of aliphatic carboxylic acids is 1. The minimum absolute atomic E-state index is 0.0387. The standard InChI is InChI=1S/C40H76O3.C5H13N/c1-3-5-7-9-11-13-15-17-19-20-21-23-24-26-28-30-32-34-36-38(40(42)43)39(41)37-35-33-31-29-27-25-22-18-16-14-12-10-8-6-4-2;1-2-3-4-5-6/h17,19,38H,3-16,18,20-37H2,1-2H3,(H,42,43);2-6H2,1H3/b19-17-;. The Balaban J connectivity index is 0. The van der Waals surface area contributed by atoms with Crippen molar-refractivity contribution < 1.29 is 14.7 Å². The van der Waals surface area contributed by atoms with Gasteiger partial charge >= 0.3 is 5.97 Å². The van der Waals surface area contributed by atoms with Gasteiger partial charge in [0.2, 0.25) is 0 Å². The topological polar surface area (TPSA) is 80.4 Å². The Labute approximate surface area is 308 Å². The van der Waals surface area contributed by atoms with Crippen molar-refractivity contribution >= 4 is 11.8 Å². The van der Waals surface area contributed by atoms with E-state index in [4.69, 9.17) is 5.73 Å². The molecule has 0 aromatic carbocycles. The van der Waals surface area contributed by atoms with E-state index in [9.17, 15) is 14.7 Å². The van der Waals surface area contributed by atoms with E-state index >= 15 is 0 Å². The van der Waals surface area contributed by atoms with Gasteiger partial charge in [-0.05, 0) is 51.5 Å². The van der Waals surface area contributed by atoms with Crippen molar-refractivity contribution in [1.82, 2.24) is 0 Å². The van der Waals surface area contributed by atoms with Crippen molar-refractivity contribution in [2.75, 3.05) is 6.54 Å². The number of carbonyl (C=O) groups excluding carboxylic acids is 1. The Hall–Kier alpha value is -1.16. The van der Waals surface area contributed by atoms with E-state index in [0.717, 1.165) is 38.6 Å². The summed E-state index contributed by atoms with van der Waals surface area (Å²) in [6.45, 7) is 7.58. The fourth-order valence-electron chi connectivity index (χ4n) is 6.61. The summed E-state index contributed by atoms with van der Waals surface area (Å²) in [5.41, 5.74) is 5.21. The van der Waals surface area contributed by atoms with Crippen LogP contribution in [0, 0.1) is 5.92 Å². The summed E-state index contributed by atoms with van der Waals surface area (Å²) in [7, 11) is 0. The number of Topliss-reactive ketones (excluding diaryl/α,β-unsaturated/α-hetero) is 1. The van der Waals surface area contributed by atoms with Gasteiger partial charge in [-0.3, -0.25) is 9.59 Å². The van der Waals surface area contributed by atoms with Crippen LogP contribution in [0.4, 0.5) is 0 Å². The van der Waals surface area contributed by atoms with Gasteiger partial charge in [0.15, 0.2) is 0 Å². The van der Waals surface area contributed by atoms with E-state index in [1.807, 2.05) is 0 Å². The van der Waals surface area contributed by atoms with Gasteiger partial charge in [0.1, 0.15) is 11.7 Å². The molecule has 0 bridgehead atoms. The second-order valence-electron chi connectivity index (χ2n) is 15.0. The third kappa shape index (κ3) is 42.9. The summed E-state index contributed by atoms with van der Waals surface area (Å²) >= 11 is 0. The minimum Gasteiger partial charge on any atom is -0.481 e. The number of hydrogen-bond acceptors (Lipinski definition) is 3. The molecular weight excluding hydrogens is 602 g/mol. The Morgan fingerprint density at radius 2 is 0.755 bits per heavy atom. The molecule has 0 amide bonds. The van der Waals surface area contributed by atoms with E-state index < -0.39 is 11.9 Å². The van der Waals surface area contributed by atoms with Gasteiger partial charge in [-0.2, -0.15) is 0 Å². The quantitative estimate of drug-likeness (QED) is 0.0382. The predicted molar refractivity (Wildman–Crippen MR) is 218 cm³/mol. The zero-order valence-electron chi connectivity index (χ0n) is 33.7. The maximum atomic E-state index is 12.5. The highest BCUT2D eigenvalue weighted by atomic mass is 16.4. The number of unbranched alkanes of at least 4 members (excludes halogenated alkanes) is 30. The van der Waals surface area contributed by atoms with Crippen LogP contribution in [0.25, 0.3) is 0 Å². The molecule has 0 rings (SSSR count). The zero-order valence-corrected chi connectivity index (χ0v) is 33.7. The van der Waals surface area contributed by atoms with Gasteiger partial charge in [-0.1, -0.05) is 213 Å². The zero-order chi connectivity index (χ0) is 36.3. The third-order valence-corrected chi connectivity index (χ3v) is 10.0. The molecule has 0 aliphatic heterocycles. The Bertz CT molecular complexity index is 672. The van der Waals surface area contributed by atoms with Crippen LogP contribution < -0.4 is 5.73 Å². The second-order valence-corrected chi connectivity index (χ2v) is 15.0. The van der Waals surface area contributed by atoms with Gasteiger partial charge in [0.25, 0.3) is 0 Å². The molecule has 3 N–H and O–H groups in total. The van der Waals surface area contributed by atoms with Crippen LogP contribution in [0.15, 0.2) is 12.2 Å². The highest BCUT2D eigenvalue weighted by Gasteiger charge is 2.24. The van der Waals surface area contributed by atoms with Crippen LogP contribution in [0.1, 0.15) is 252 Å². The van der Waals surface area contributed by atoms with Crippen molar-refractivity contribution in [3.05, 3.63) is 12.2 Å². The number of allylic oxidation sites excluding steroid dienone is 2. The largest absolute Gasteiger partial charge is 0.481 e. The molecule has 0 radical (unpaired) electrons. The lowest BCUT2D eigenvalue weighted by Crippen LogP contribution is -2.23. The maximum absolute atomic E-state index is 12.5. The van der Waals surface area contributed by atoms with Crippen molar-refractivity contribution in [2.24, 2.45) is 11.7 Å². The van der Waals surface area contributed by atoms with Crippen LogP contribution in [0.3, 0.4) is 0 Å². The van der Waals surface area contributed by atoms with E-state index in [1.54, 1.807) is 0 Å². The predicted octanol–water partition coefficient (Wildman–Crippen LogP) is 14.9. The molecule has 0 heterocycles. The highest BCUT2D eigenvalue weighted by molar-refractivity contribution is 5.98. The Morgan fingerprint density at radius 1 is 0.449 bits per heavy atom. The Kier molecular flexibility index (Phi) is 45.7. The molecule has 0 fully saturated rings. The smallest absolute Gasteiger partial charge is 0.314 e. The molecule has 1 atom stereocenters. The van der Waals surface area contributed by atoms with Crippen LogP contribution in [-0.4, -0.2) is 23.4 Å². The third-order valence-electron chi connectivity index (χ3n) is 10.0.